The van der Waals surface area contributed by atoms with Crippen LogP contribution >= 0.6 is 15.9 Å². The van der Waals surface area contributed by atoms with Gasteiger partial charge < -0.3 is 9.47 Å². The maximum Gasteiger partial charge on any atom is 0.124 e. The Kier molecular flexibility index (Phi) is 5.00. The molecule has 5 heteroatoms. The third-order valence-electron chi connectivity index (χ3n) is 3.12. The molecular formula is C15H17BrN2O2. The van der Waals surface area contributed by atoms with Gasteiger partial charge >= 0.3 is 0 Å². The van der Waals surface area contributed by atoms with Gasteiger partial charge in [0.05, 0.1) is 20.3 Å². The molecule has 0 radical (unpaired) electrons. The Hall–Kier alpha value is -1.56. The van der Waals surface area contributed by atoms with Crippen molar-refractivity contribution in [1.29, 1.82) is 0 Å². The Balaban J connectivity index is 2.55. The van der Waals surface area contributed by atoms with Crippen LogP contribution in [0.15, 0.2) is 46.9 Å². The van der Waals surface area contributed by atoms with E-state index in [1.165, 1.54) is 0 Å². The number of ether oxygens (including phenoxy) is 2. The average Bonchev–Trinajstić information content (AvgIpc) is 2.49. The van der Waals surface area contributed by atoms with Crippen LogP contribution in [-0.4, -0.2) is 14.2 Å². The summed E-state index contributed by atoms with van der Waals surface area (Å²) in [4.78, 5) is 0. The van der Waals surface area contributed by atoms with Gasteiger partial charge in [0.2, 0.25) is 0 Å². The maximum absolute atomic E-state index is 5.76. The monoisotopic (exact) mass is 336 g/mol. The molecule has 0 heterocycles. The summed E-state index contributed by atoms with van der Waals surface area (Å²) in [5, 5.41) is 0. The van der Waals surface area contributed by atoms with Crippen molar-refractivity contribution < 1.29 is 9.47 Å². The molecule has 0 amide bonds. The van der Waals surface area contributed by atoms with E-state index in [2.05, 4.69) is 21.4 Å². The first-order chi connectivity index (χ1) is 9.71. The Morgan fingerprint density at radius 2 is 1.65 bits per heavy atom. The van der Waals surface area contributed by atoms with Gasteiger partial charge in [-0.15, -0.1) is 0 Å². The third kappa shape index (κ3) is 2.95. The number of methoxy groups -OCH3 is 2. The van der Waals surface area contributed by atoms with Gasteiger partial charge in [0.1, 0.15) is 11.5 Å². The van der Waals surface area contributed by atoms with Crippen LogP contribution in [0.1, 0.15) is 17.2 Å². The molecule has 1 atom stereocenters. The van der Waals surface area contributed by atoms with Crippen LogP contribution in [0.4, 0.5) is 0 Å². The lowest BCUT2D eigenvalue weighted by Crippen LogP contribution is -2.29. The minimum absolute atomic E-state index is 0.224. The summed E-state index contributed by atoms with van der Waals surface area (Å²) in [6.07, 6.45) is 0. The molecule has 1 unspecified atom stereocenters. The van der Waals surface area contributed by atoms with Gasteiger partial charge in [0.15, 0.2) is 0 Å². The van der Waals surface area contributed by atoms with Crippen molar-refractivity contribution in [2.75, 3.05) is 14.2 Å². The van der Waals surface area contributed by atoms with Crippen molar-refractivity contribution in [1.82, 2.24) is 5.43 Å². The summed E-state index contributed by atoms with van der Waals surface area (Å²) in [6, 6.07) is 13.3. The highest BCUT2D eigenvalue weighted by Gasteiger charge is 2.20. The number of halogens is 1. The lowest BCUT2D eigenvalue weighted by molar-refractivity contribution is 0.394. The summed E-state index contributed by atoms with van der Waals surface area (Å²) >= 11 is 3.48. The van der Waals surface area contributed by atoms with Crippen molar-refractivity contribution >= 4 is 15.9 Å². The fraction of sp³-hybridized carbons (Fsp3) is 0.200. The zero-order chi connectivity index (χ0) is 14.5. The van der Waals surface area contributed by atoms with Crippen LogP contribution in [0.2, 0.25) is 0 Å². The number of hydrogen-bond acceptors (Lipinski definition) is 4. The van der Waals surface area contributed by atoms with Crippen molar-refractivity contribution in [3.63, 3.8) is 0 Å². The minimum Gasteiger partial charge on any atom is -0.496 e. The molecule has 0 aliphatic carbocycles. The fourth-order valence-corrected chi connectivity index (χ4v) is 2.56. The zero-order valence-corrected chi connectivity index (χ0v) is 13.0. The van der Waals surface area contributed by atoms with E-state index in [1.54, 1.807) is 14.2 Å². The van der Waals surface area contributed by atoms with Crippen molar-refractivity contribution in [3.05, 3.63) is 58.1 Å². The molecule has 0 aliphatic rings. The minimum atomic E-state index is -0.224. The Bertz CT molecular complexity index is 590. The van der Waals surface area contributed by atoms with Gasteiger partial charge in [0.25, 0.3) is 0 Å². The summed E-state index contributed by atoms with van der Waals surface area (Å²) in [5.41, 5.74) is 4.72. The molecule has 3 N–H and O–H groups in total. The molecule has 0 saturated heterocycles. The highest BCUT2D eigenvalue weighted by atomic mass is 79.9. The molecule has 2 aromatic carbocycles. The van der Waals surface area contributed by atoms with Gasteiger partial charge in [-0.25, -0.2) is 5.43 Å². The van der Waals surface area contributed by atoms with Gasteiger partial charge in [0, 0.05) is 15.6 Å². The molecule has 0 aliphatic heterocycles. The van der Waals surface area contributed by atoms with Gasteiger partial charge in [-0.3, -0.25) is 5.84 Å². The molecule has 2 rings (SSSR count). The molecule has 0 aromatic heterocycles. The molecule has 106 valence electrons. The van der Waals surface area contributed by atoms with Crippen LogP contribution in [-0.2, 0) is 0 Å². The molecule has 4 nitrogen and oxygen atoms in total. The highest BCUT2D eigenvalue weighted by Crippen LogP contribution is 2.35. The zero-order valence-electron chi connectivity index (χ0n) is 11.4. The molecule has 0 spiro atoms. The Morgan fingerprint density at radius 3 is 2.30 bits per heavy atom. The molecular weight excluding hydrogens is 320 g/mol. The number of rotatable bonds is 5. The van der Waals surface area contributed by atoms with Crippen LogP contribution < -0.4 is 20.7 Å². The average molecular weight is 337 g/mol. The topological polar surface area (TPSA) is 56.5 Å². The van der Waals surface area contributed by atoms with E-state index in [9.17, 15) is 0 Å². The van der Waals surface area contributed by atoms with E-state index in [-0.39, 0.29) is 6.04 Å². The predicted octanol–water partition coefficient (Wildman–Crippen LogP) is 3.02. The van der Waals surface area contributed by atoms with Crippen LogP contribution in [0.25, 0.3) is 0 Å². The predicted molar refractivity (Wildman–Crippen MR) is 82.9 cm³/mol. The fourth-order valence-electron chi connectivity index (χ4n) is 2.18. The van der Waals surface area contributed by atoms with Gasteiger partial charge in [-0.1, -0.05) is 34.1 Å². The van der Waals surface area contributed by atoms with Crippen molar-refractivity contribution in [2.24, 2.45) is 5.84 Å². The first-order valence-electron chi connectivity index (χ1n) is 6.13. The van der Waals surface area contributed by atoms with E-state index < -0.39 is 0 Å². The number of nitrogens with one attached hydrogen (secondary N) is 1. The van der Waals surface area contributed by atoms with E-state index in [4.69, 9.17) is 15.3 Å². The second-order valence-electron chi connectivity index (χ2n) is 4.23. The molecule has 0 bridgehead atoms. The number of para-hydroxylation sites is 1. The molecule has 0 saturated carbocycles. The maximum atomic E-state index is 5.76. The Morgan fingerprint density at radius 1 is 1.00 bits per heavy atom. The quantitative estimate of drug-likeness (QED) is 0.651. The molecule has 20 heavy (non-hydrogen) atoms. The van der Waals surface area contributed by atoms with Crippen LogP contribution in [0.3, 0.4) is 0 Å². The second-order valence-corrected chi connectivity index (χ2v) is 5.14. The number of hydrogen-bond donors (Lipinski definition) is 2. The van der Waals surface area contributed by atoms with Crippen LogP contribution in [0, 0.1) is 0 Å². The smallest absolute Gasteiger partial charge is 0.124 e. The first-order valence-corrected chi connectivity index (χ1v) is 6.93. The highest BCUT2D eigenvalue weighted by molar-refractivity contribution is 9.10. The van der Waals surface area contributed by atoms with Crippen LogP contribution in [0.5, 0.6) is 11.5 Å². The lowest BCUT2D eigenvalue weighted by atomic mass is 9.97. The largest absolute Gasteiger partial charge is 0.496 e. The Labute approximate surface area is 127 Å². The van der Waals surface area contributed by atoms with E-state index in [1.807, 2.05) is 42.5 Å². The lowest BCUT2D eigenvalue weighted by Gasteiger charge is -2.21. The SMILES string of the molecule is COc1ccccc1C(NN)c1cc(Br)ccc1OC. The summed E-state index contributed by atoms with van der Waals surface area (Å²) in [6.45, 7) is 0. The number of hydrazine groups is 1. The standard InChI is InChI=1S/C15H17BrN2O2/c1-19-13-6-4-3-5-11(13)15(18-17)12-9-10(16)7-8-14(12)20-2/h3-9,15,18H,17H2,1-2H3. The summed E-state index contributed by atoms with van der Waals surface area (Å²) < 4.78 is 11.8. The molecule has 0 fully saturated rings. The summed E-state index contributed by atoms with van der Waals surface area (Å²) in [5.74, 6) is 7.30. The normalized spacial score (nSPS) is 12.0. The second kappa shape index (κ2) is 6.74. The first kappa shape index (κ1) is 14.8. The number of benzene rings is 2. The van der Waals surface area contributed by atoms with Gasteiger partial charge in [-0.05, 0) is 24.3 Å². The van der Waals surface area contributed by atoms with Crippen molar-refractivity contribution in [3.8, 4) is 11.5 Å². The summed E-state index contributed by atoms with van der Waals surface area (Å²) in [7, 11) is 3.28. The van der Waals surface area contributed by atoms with Crippen molar-refractivity contribution in [2.45, 2.75) is 6.04 Å². The van der Waals surface area contributed by atoms with Gasteiger partial charge in [-0.2, -0.15) is 0 Å². The van der Waals surface area contributed by atoms with E-state index in [0.717, 1.165) is 27.1 Å². The third-order valence-corrected chi connectivity index (χ3v) is 3.61. The van der Waals surface area contributed by atoms with E-state index in [0.29, 0.717) is 0 Å². The number of nitrogens with two attached hydrogens (primary N) is 1. The van der Waals surface area contributed by atoms with E-state index >= 15 is 0 Å². The molecule has 2 aromatic rings.